The van der Waals surface area contributed by atoms with Crippen molar-refractivity contribution < 1.29 is 18.6 Å². The van der Waals surface area contributed by atoms with Gasteiger partial charge in [-0.15, -0.1) is 24.0 Å². The Bertz CT molecular complexity index is 1060. The van der Waals surface area contributed by atoms with Gasteiger partial charge in [-0.05, 0) is 29.8 Å². The van der Waals surface area contributed by atoms with E-state index < -0.39 is 0 Å². The zero-order valence-corrected chi connectivity index (χ0v) is 19.8. The Morgan fingerprint density at radius 3 is 2.69 bits per heavy atom. The van der Waals surface area contributed by atoms with Crippen molar-refractivity contribution in [3.05, 3.63) is 72.2 Å². The Balaban J connectivity index is 0.00000289. The summed E-state index contributed by atoms with van der Waals surface area (Å²) in [5, 5.41) is 6.48. The molecule has 0 saturated heterocycles. The number of halogens is 2. The molecule has 0 unspecified atom stereocenters. The van der Waals surface area contributed by atoms with Crippen LogP contribution in [0.2, 0.25) is 0 Å². The number of aliphatic imine (C=N–C) groups is 1. The first-order chi connectivity index (χ1) is 15.2. The fourth-order valence-corrected chi connectivity index (χ4v) is 2.97. The zero-order valence-electron chi connectivity index (χ0n) is 17.5. The molecule has 0 saturated carbocycles. The van der Waals surface area contributed by atoms with Crippen molar-refractivity contribution in [2.45, 2.75) is 13.0 Å². The minimum atomic E-state index is -0.356. The number of aromatic nitrogens is 1. The van der Waals surface area contributed by atoms with Crippen LogP contribution in [0.4, 0.5) is 10.1 Å². The van der Waals surface area contributed by atoms with Gasteiger partial charge in [0, 0.05) is 50.1 Å². The van der Waals surface area contributed by atoms with Gasteiger partial charge in [-0.2, -0.15) is 0 Å². The number of benzene rings is 2. The van der Waals surface area contributed by atoms with Gasteiger partial charge >= 0.3 is 0 Å². The smallest absolute Gasteiger partial charge is 0.219 e. The monoisotopic (exact) mass is 550 g/mol. The minimum absolute atomic E-state index is 0. The van der Waals surface area contributed by atoms with Crippen LogP contribution in [-0.4, -0.2) is 31.2 Å². The number of pyridine rings is 1. The molecule has 1 aliphatic rings. The summed E-state index contributed by atoms with van der Waals surface area (Å²) in [5.74, 6) is 2.51. The molecule has 0 radical (unpaired) electrons. The van der Waals surface area contributed by atoms with Crippen LogP contribution in [0.5, 0.6) is 23.1 Å². The Hall–Kier alpha value is -3.08. The molecule has 0 amide bonds. The summed E-state index contributed by atoms with van der Waals surface area (Å²) in [7, 11) is 1.70. The Kier molecular flexibility index (Phi) is 8.48. The van der Waals surface area contributed by atoms with Crippen LogP contribution in [-0.2, 0) is 6.54 Å². The van der Waals surface area contributed by atoms with E-state index in [0.717, 1.165) is 29.2 Å². The van der Waals surface area contributed by atoms with Gasteiger partial charge in [0.05, 0.1) is 13.2 Å². The van der Waals surface area contributed by atoms with Gasteiger partial charge in [0.1, 0.15) is 11.6 Å². The van der Waals surface area contributed by atoms with Crippen LogP contribution in [0.25, 0.3) is 0 Å². The van der Waals surface area contributed by atoms with Gasteiger partial charge in [0.2, 0.25) is 5.88 Å². The molecule has 32 heavy (non-hydrogen) atoms. The number of anilines is 1. The van der Waals surface area contributed by atoms with E-state index in [1.807, 2.05) is 24.3 Å². The first kappa shape index (κ1) is 23.6. The highest BCUT2D eigenvalue weighted by Gasteiger charge is 2.11. The van der Waals surface area contributed by atoms with Crippen LogP contribution in [0.3, 0.4) is 0 Å². The third kappa shape index (κ3) is 6.46. The van der Waals surface area contributed by atoms with Crippen LogP contribution < -0.4 is 24.8 Å². The molecule has 0 fully saturated rings. The van der Waals surface area contributed by atoms with E-state index in [0.29, 0.717) is 37.3 Å². The van der Waals surface area contributed by atoms with Crippen molar-refractivity contribution in [1.29, 1.82) is 0 Å². The highest BCUT2D eigenvalue weighted by Crippen LogP contribution is 2.32. The van der Waals surface area contributed by atoms with Crippen LogP contribution in [0, 0.1) is 5.82 Å². The molecule has 0 aliphatic carbocycles. The first-order valence-electron chi connectivity index (χ1n) is 9.95. The van der Waals surface area contributed by atoms with Crippen LogP contribution >= 0.6 is 24.0 Å². The van der Waals surface area contributed by atoms with E-state index in [-0.39, 0.29) is 29.8 Å². The fraction of sp³-hybridized carbons (Fsp3) is 0.217. The summed E-state index contributed by atoms with van der Waals surface area (Å²) in [6.07, 6.45) is 2.56. The number of rotatable bonds is 5. The molecule has 0 spiro atoms. The van der Waals surface area contributed by atoms with Crippen molar-refractivity contribution in [1.82, 2.24) is 10.3 Å². The fourth-order valence-electron chi connectivity index (χ4n) is 2.97. The Labute approximate surface area is 203 Å². The predicted molar refractivity (Wildman–Crippen MR) is 132 cm³/mol. The zero-order chi connectivity index (χ0) is 21.5. The maximum absolute atomic E-state index is 13.3. The molecule has 7 nitrogen and oxygen atoms in total. The second-order valence-electron chi connectivity index (χ2n) is 6.83. The molecular weight excluding hydrogens is 526 g/mol. The molecule has 2 N–H and O–H groups in total. The summed E-state index contributed by atoms with van der Waals surface area (Å²) in [6, 6.07) is 15.3. The standard InChI is InChI=1S/C23H23FN4O3.HI/c1-25-23(28-18-7-8-20-21(13-18)30-11-3-10-29-20)27-15-16-6-9-22(26-14-16)31-19-5-2-4-17(24)12-19;/h2,4-9,12-14H,3,10-11,15H2,1H3,(H2,25,27,28);1H. The largest absolute Gasteiger partial charge is 0.490 e. The normalized spacial score (nSPS) is 12.9. The first-order valence-corrected chi connectivity index (χ1v) is 9.95. The third-order valence-electron chi connectivity index (χ3n) is 4.51. The maximum atomic E-state index is 13.3. The highest BCUT2D eigenvalue weighted by atomic mass is 127. The predicted octanol–water partition coefficient (Wildman–Crippen LogP) is 4.98. The molecule has 0 atom stereocenters. The van der Waals surface area contributed by atoms with Crippen molar-refractivity contribution in [2.75, 3.05) is 25.6 Å². The van der Waals surface area contributed by atoms with Gasteiger partial charge in [-0.25, -0.2) is 9.37 Å². The van der Waals surface area contributed by atoms with Crippen molar-refractivity contribution in [3.63, 3.8) is 0 Å². The van der Waals surface area contributed by atoms with E-state index in [2.05, 4.69) is 20.6 Å². The number of ether oxygens (including phenoxy) is 3. The minimum Gasteiger partial charge on any atom is -0.490 e. The average molecular weight is 550 g/mol. The number of guanidine groups is 1. The lowest BCUT2D eigenvalue weighted by molar-refractivity contribution is 0.297. The number of nitrogens with one attached hydrogen (secondary N) is 2. The molecule has 2 heterocycles. The van der Waals surface area contributed by atoms with Crippen LogP contribution in [0.15, 0.2) is 65.8 Å². The summed E-state index contributed by atoms with van der Waals surface area (Å²) in [5.41, 5.74) is 1.78. The second-order valence-corrected chi connectivity index (χ2v) is 6.83. The van der Waals surface area contributed by atoms with Crippen LogP contribution in [0.1, 0.15) is 12.0 Å². The summed E-state index contributed by atoms with van der Waals surface area (Å²) >= 11 is 0. The lowest BCUT2D eigenvalue weighted by atomic mass is 10.2. The van der Waals surface area contributed by atoms with Gasteiger partial charge in [0.15, 0.2) is 17.5 Å². The van der Waals surface area contributed by atoms with E-state index in [9.17, 15) is 4.39 Å². The van der Waals surface area contributed by atoms with Gasteiger partial charge in [0.25, 0.3) is 0 Å². The van der Waals surface area contributed by atoms with E-state index in [4.69, 9.17) is 14.2 Å². The van der Waals surface area contributed by atoms with E-state index >= 15 is 0 Å². The van der Waals surface area contributed by atoms with Gasteiger partial charge in [-0.3, -0.25) is 4.99 Å². The second kappa shape index (κ2) is 11.5. The summed E-state index contributed by atoms with van der Waals surface area (Å²) < 4.78 is 30.2. The number of fused-ring (bicyclic) bond motifs is 1. The Morgan fingerprint density at radius 1 is 1.09 bits per heavy atom. The number of hydrogen-bond acceptors (Lipinski definition) is 5. The number of nitrogens with zero attached hydrogens (tertiary/aromatic N) is 2. The molecule has 168 valence electrons. The topological polar surface area (TPSA) is 77.0 Å². The van der Waals surface area contributed by atoms with Gasteiger partial charge in [-0.1, -0.05) is 12.1 Å². The molecule has 1 aliphatic heterocycles. The molecule has 9 heteroatoms. The number of hydrogen-bond donors (Lipinski definition) is 2. The molecule has 2 aromatic carbocycles. The highest BCUT2D eigenvalue weighted by molar-refractivity contribution is 14.0. The van der Waals surface area contributed by atoms with Crippen molar-refractivity contribution in [2.24, 2.45) is 4.99 Å². The van der Waals surface area contributed by atoms with E-state index in [1.54, 1.807) is 31.4 Å². The molecule has 3 aromatic rings. The summed E-state index contributed by atoms with van der Waals surface area (Å²) in [6.45, 7) is 1.80. The molecule has 1 aromatic heterocycles. The molecule has 0 bridgehead atoms. The Morgan fingerprint density at radius 2 is 1.94 bits per heavy atom. The summed E-state index contributed by atoms with van der Waals surface area (Å²) in [4.78, 5) is 8.53. The SMILES string of the molecule is CN=C(NCc1ccc(Oc2cccc(F)c2)nc1)Nc1ccc2c(c1)OCCCO2.I. The van der Waals surface area contributed by atoms with Crippen molar-refractivity contribution >= 4 is 35.6 Å². The molecular formula is C23H24FIN4O3. The maximum Gasteiger partial charge on any atom is 0.219 e. The lowest BCUT2D eigenvalue weighted by Crippen LogP contribution is -2.30. The molecule has 4 rings (SSSR count). The lowest BCUT2D eigenvalue weighted by Gasteiger charge is -2.14. The van der Waals surface area contributed by atoms with Crippen molar-refractivity contribution in [3.8, 4) is 23.1 Å². The van der Waals surface area contributed by atoms with E-state index in [1.165, 1.54) is 12.1 Å². The third-order valence-corrected chi connectivity index (χ3v) is 4.51. The average Bonchev–Trinajstić information content (AvgIpc) is 3.02. The van der Waals surface area contributed by atoms with Gasteiger partial charge < -0.3 is 24.8 Å². The quantitative estimate of drug-likeness (QED) is 0.265.